The average molecular weight is 440 g/mol. The largest absolute Gasteiger partial charge is 0.339 e. The summed E-state index contributed by atoms with van der Waals surface area (Å²) < 4.78 is 27.0. The molecule has 0 atom stereocenters. The Morgan fingerprint density at radius 1 is 1.04 bits per heavy atom. The van der Waals surface area contributed by atoms with E-state index < -0.39 is 10.0 Å². The van der Waals surface area contributed by atoms with E-state index in [4.69, 9.17) is 11.6 Å². The maximum atomic E-state index is 12.8. The van der Waals surface area contributed by atoms with Crippen molar-refractivity contribution in [1.82, 2.24) is 14.1 Å². The van der Waals surface area contributed by atoms with Crippen molar-refractivity contribution in [3.63, 3.8) is 0 Å². The Hall–Kier alpha value is -1.45. The molecule has 1 aromatic carbocycles. The van der Waals surface area contributed by atoms with Crippen LogP contribution in [-0.4, -0.2) is 67.7 Å². The number of sulfonamides is 1. The van der Waals surface area contributed by atoms with E-state index in [9.17, 15) is 13.2 Å². The molecule has 2 aliphatic rings. The van der Waals surface area contributed by atoms with Gasteiger partial charge in [0.25, 0.3) is 0 Å². The monoisotopic (exact) mass is 439 g/mol. The highest BCUT2D eigenvalue weighted by Gasteiger charge is 2.31. The van der Waals surface area contributed by atoms with Gasteiger partial charge in [0.15, 0.2) is 0 Å². The van der Waals surface area contributed by atoms with Gasteiger partial charge in [-0.25, -0.2) is 8.42 Å². The standard InChI is InChI=1S/C19H22ClN3O3S2/c20-16-1-3-17(4-2-16)28(25,26)23-10-8-22(9-11-23)19(24)14-21-7-5-18-15(13-21)6-12-27-18/h1-4,6,12H,5,7-11,13-14H2. The lowest BCUT2D eigenvalue weighted by Gasteiger charge is -2.35. The summed E-state index contributed by atoms with van der Waals surface area (Å²) in [7, 11) is -3.55. The smallest absolute Gasteiger partial charge is 0.243 e. The number of hydrogen-bond acceptors (Lipinski definition) is 5. The van der Waals surface area contributed by atoms with Crippen LogP contribution in [-0.2, 0) is 27.8 Å². The van der Waals surface area contributed by atoms with Gasteiger partial charge < -0.3 is 4.90 Å². The lowest BCUT2D eigenvalue weighted by Crippen LogP contribution is -2.52. The Morgan fingerprint density at radius 2 is 1.75 bits per heavy atom. The molecule has 0 aliphatic carbocycles. The van der Waals surface area contributed by atoms with E-state index >= 15 is 0 Å². The first-order valence-electron chi connectivity index (χ1n) is 9.24. The number of carbonyl (C=O) groups is 1. The Morgan fingerprint density at radius 3 is 2.46 bits per heavy atom. The van der Waals surface area contributed by atoms with Gasteiger partial charge in [-0.05, 0) is 47.7 Å². The molecule has 0 spiro atoms. The van der Waals surface area contributed by atoms with Crippen LogP contribution in [0.2, 0.25) is 5.02 Å². The van der Waals surface area contributed by atoms with Gasteiger partial charge in [-0.2, -0.15) is 4.31 Å². The zero-order valence-electron chi connectivity index (χ0n) is 15.4. The highest BCUT2D eigenvalue weighted by atomic mass is 35.5. The Balaban J connectivity index is 1.32. The first-order chi connectivity index (χ1) is 13.4. The van der Waals surface area contributed by atoms with Gasteiger partial charge in [0.05, 0.1) is 11.4 Å². The second-order valence-corrected chi connectivity index (χ2v) is 10.4. The summed E-state index contributed by atoms with van der Waals surface area (Å²) in [6.07, 6.45) is 0.993. The molecule has 0 N–H and O–H groups in total. The summed E-state index contributed by atoms with van der Waals surface area (Å²) in [4.78, 5) is 18.3. The molecule has 0 unspecified atom stereocenters. The van der Waals surface area contributed by atoms with E-state index in [1.807, 2.05) is 0 Å². The molecular weight excluding hydrogens is 418 g/mol. The second kappa shape index (κ2) is 8.12. The van der Waals surface area contributed by atoms with Crippen LogP contribution in [0.3, 0.4) is 0 Å². The van der Waals surface area contributed by atoms with Crippen molar-refractivity contribution in [3.8, 4) is 0 Å². The van der Waals surface area contributed by atoms with Gasteiger partial charge >= 0.3 is 0 Å². The van der Waals surface area contributed by atoms with Crippen LogP contribution in [0.4, 0.5) is 0 Å². The molecule has 1 aromatic heterocycles. The van der Waals surface area contributed by atoms with Crippen LogP contribution in [0.15, 0.2) is 40.6 Å². The van der Waals surface area contributed by atoms with Gasteiger partial charge in [0.2, 0.25) is 15.9 Å². The Bertz CT molecular complexity index is 951. The number of halogens is 1. The molecule has 2 aliphatic heterocycles. The third-order valence-corrected chi connectivity index (χ3v) is 8.48. The van der Waals surface area contributed by atoms with Crippen molar-refractivity contribution in [3.05, 3.63) is 51.2 Å². The van der Waals surface area contributed by atoms with E-state index in [1.165, 1.54) is 26.9 Å². The number of rotatable bonds is 4. The second-order valence-electron chi connectivity index (χ2n) is 7.07. The fourth-order valence-corrected chi connectivity index (χ4v) is 6.10. The molecule has 3 heterocycles. The Kier molecular flexibility index (Phi) is 5.76. The van der Waals surface area contributed by atoms with E-state index in [2.05, 4.69) is 16.3 Å². The molecular formula is C19H22ClN3O3S2. The highest BCUT2D eigenvalue weighted by molar-refractivity contribution is 7.89. The summed E-state index contributed by atoms with van der Waals surface area (Å²) >= 11 is 7.63. The van der Waals surface area contributed by atoms with E-state index in [0.29, 0.717) is 37.7 Å². The quantitative estimate of drug-likeness (QED) is 0.733. The summed E-state index contributed by atoms with van der Waals surface area (Å²) in [5.41, 5.74) is 1.32. The number of piperazine rings is 1. The predicted molar refractivity (Wildman–Crippen MR) is 110 cm³/mol. The molecule has 9 heteroatoms. The van der Waals surface area contributed by atoms with Crippen molar-refractivity contribution in [1.29, 1.82) is 0 Å². The van der Waals surface area contributed by atoms with Gasteiger partial charge in [-0.3, -0.25) is 9.69 Å². The lowest BCUT2D eigenvalue weighted by molar-refractivity contribution is -0.133. The molecule has 0 saturated carbocycles. The molecule has 1 fully saturated rings. The van der Waals surface area contributed by atoms with Crippen LogP contribution in [0, 0.1) is 0 Å². The molecule has 28 heavy (non-hydrogen) atoms. The molecule has 1 saturated heterocycles. The SMILES string of the molecule is O=C(CN1CCc2sccc2C1)N1CCN(S(=O)(=O)c2ccc(Cl)cc2)CC1. The summed E-state index contributed by atoms with van der Waals surface area (Å²) in [6.45, 7) is 3.56. The predicted octanol–water partition coefficient (Wildman–Crippen LogP) is 2.29. The van der Waals surface area contributed by atoms with Crippen LogP contribution < -0.4 is 0 Å². The average Bonchev–Trinajstić information content (AvgIpc) is 3.16. The fourth-order valence-electron chi connectivity index (χ4n) is 3.67. The van der Waals surface area contributed by atoms with Gasteiger partial charge in [-0.15, -0.1) is 11.3 Å². The minimum atomic E-state index is -3.55. The van der Waals surface area contributed by atoms with Gasteiger partial charge in [0, 0.05) is 49.2 Å². The molecule has 6 nitrogen and oxygen atoms in total. The van der Waals surface area contributed by atoms with E-state index in [-0.39, 0.29) is 10.8 Å². The van der Waals surface area contributed by atoms with Crippen LogP contribution in [0.1, 0.15) is 10.4 Å². The van der Waals surface area contributed by atoms with Gasteiger partial charge in [-0.1, -0.05) is 11.6 Å². The van der Waals surface area contributed by atoms with E-state index in [0.717, 1.165) is 19.5 Å². The number of benzene rings is 1. The van der Waals surface area contributed by atoms with Crippen molar-refractivity contribution >= 4 is 38.9 Å². The Labute approximate surface area is 174 Å². The van der Waals surface area contributed by atoms with Crippen molar-refractivity contribution in [2.75, 3.05) is 39.3 Å². The normalized spacial score (nSPS) is 18.8. The van der Waals surface area contributed by atoms with E-state index in [1.54, 1.807) is 28.4 Å². The van der Waals surface area contributed by atoms with Crippen LogP contribution in [0.5, 0.6) is 0 Å². The minimum absolute atomic E-state index is 0.0715. The number of hydrogen-bond donors (Lipinski definition) is 0. The third kappa shape index (κ3) is 4.11. The van der Waals surface area contributed by atoms with Crippen molar-refractivity contribution < 1.29 is 13.2 Å². The summed E-state index contributed by atoms with van der Waals surface area (Å²) in [5.74, 6) is 0.0715. The molecule has 2 aromatic rings. The topological polar surface area (TPSA) is 60.9 Å². The number of amides is 1. The van der Waals surface area contributed by atoms with Crippen LogP contribution in [0.25, 0.3) is 0 Å². The van der Waals surface area contributed by atoms with Crippen LogP contribution >= 0.6 is 22.9 Å². The zero-order valence-corrected chi connectivity index (χ0v) is 17.8. The fraction of sp³-hybridized carbons (Fsp3) is 0.421. The number of fused-ring (bicyclic) bond motifs is 1. The molecule has 1 amide bonds. The highest BCUT2D eigenvalue weighted by Crippen LogP contribution is 2.24. The summed E-state index contributed by atoms with van der Waals surface area (Å²) in [5, 5.41) is 2.61. The van der Waals surface area contributed by atoms with Crippen molar-refractivity contribution in [2.24, 2.45) is 0 Å². The molecule has 150 valence electrons. The maximum Gasteiger partial charge on any atom is 0.243 e. The first-order valence-corrected chi connectivity index (χ1v) is 11.9. The number of thiophene rings is 1. The minimum Gasteiger partial charge on any atom is -0.339 e. The zero-order chi connectivity index (χ0) is 19.7. The molecule has 0 bridgehead atoms. The molecule has 0 radical (unpaired) electrons. The lowest BCUT2D eigenvalue weighted by atomic mass is 10.1. The van der Waals surface area contributed by atoms with Crippen molar-refractivity contribution in [2.45, 2.75) is 17.9 Å². The third-order valence-electron chi connectivity index (χ3n) is 5.29. The first kappa shape index (κ1) is 19.8. The molecule has 4 rings (SSSR count). The number of nitrogens with zero attached hydrogens (tertiary/aromatic N) is 3. The van der Waals surface area contributed by atoms with Gasteiger partial charge in [0.1, 0.15) is 0 Å². The number of carbonyl (C=O) groups excluding carboxylic acids is 1. The summed E-state index contributed by atoms with van der Waals surface area (Å²) in [6, 6.07) is 8.32. The maximum absolute atomic E-state index is 12.8.